The van der Waals surface area contributed by atoms with E-state index in [0.29, 0.717) is 6.61 Å². The van der Waals surface area contributed by atoms with Gasteiger partial charge in [0, 0.05) is 19.6 Å². The molecule has 0 aromatic heterocycles. The molecule has 13 heavy (non-hydrogen) atoms. The van der Waals surface area contributed by atoms with E-state index in [2.05, 4.69) is 0 Å². The fraction of sp³-hybridized carbons (Fsp3) is 0.889. The van der Waals surface area contributed by atoms with Crippen LogP contribution in [0.15, 0.2) is 0 Å². The molecule has 0 aliphatic carbocycles. The van der Waals surface area contributed by atoms with Crippen molar-refractivity contribution in [2.45, 2.75) is 25.9 Å². The zero-order valence-electron chi connectivity index (χ0n) is 8.45. The Morgan fingerprint density at radius 3 is 2.85 bits per heavy atom. The molecule has 1 aliphatic heterocycles. The van der Waals surface area contributed by atoms with Gasteiger partial charge in [0.05, 0.1) is 13.2 Å². The number of rotatable bonds is 2. The highest BCUT2D eigenvalue weighted by Crippen LogP contribution is 2.21. The van der Waals surface area contributed by atoms with Gasteiger partial charge in [-0.3, -0.25) is 9.63 Å². The molecule has 0 bridgehead atoms. The highest BCUT2D eigenvalue weighted by atomic mass is 16.7. The lowest BCUT2D eigenvalue weighted by Gasteiger charge is -2.28. The molecule has 0 spiro atoms. The van der Waals surface area contributed by atoms with Crippen LogP contribution in [-0.2, 0) is 14.4 Å². The predicted molar refractivity (Wildman–Crippen MR) is 47.9 cm³/mol. The zero-order valence-corrected chi connectivity index (χ0v) is 8.45. The van der Waals surface area contributed by atoms with E-state index in [4.69, 9.17) is 9.57 Å². The molecular formula is C9H17NO3. The fourth-order valence-corrected chi connectivity index (χ4v) is 1.57. The SMILES string of the molecule is CON(C)C(=O)C1CCOC(C)C1. The molecule has 1 fully saturated rings. The van der Waals surface area contributed by atoms with Crippen molar-refractivity contribution in [2.75, 3.05) is 20.8 Å². The molecule has 1 rings (SSSR count). The summed E-state index contributed by atoms with van der Waals surface area (Å²) in [6.45, 7) is 2.67. The molecule has 0 saturated carbocycles. The highest BCUT2D eigenvalue weighted by Gasteiger charge is 2.27. The Balaban J connectivity index is 2.46. The van der Waals surface area contributed by atoms with Gasteiger partial charge in [-0.1, -0.05) is 0 Å². The van der Waals surface area contributed by atoms with Crippen molar-refractivity contribution in [1.29, 1.82) is 0 Å². The van der Waals surface area contributed by atoms with Crippen molar-refractivity contribution < 1.29 is 14.4 Å². The molecule has 2 unspecified atom stereocenters. The summed E-state index contributed by atoms with van der Waals surface area (Å²) in [6.07, 6.45) is 1.79. The maximum Gasteiger partial charge on any atom is 0.249 e. The number of carbonyl (C=O) groups excluding carboxylic acids is 1. The van der Waals surface area contributed by atoms with Crippen LogP contribution in [0.4, 0.5) is 0 Å². The molecule has 1 aliphatic rings. The summed E-state index contributed by atoms with van der Waals surface area (Å²) in [5.41, 5.74) is 0. The van der Waals surface area contributed by atoms with Gasteiger partial charge in [-0.05, 0) is 19.8 Å². The number of hydroxylamine groups is 2. The summed E-state index contributed by atoms with van der Waals surface area (Å²) >= 11 is 0. The third kappa shape index (κ3) is 2.67. The Morgan fingerprint density at radius 1 is 1.62 bits per heavy atom. The van der Waals surface area contributed by atoms with Crippen LogP contribution in [0.25, 0.3) is 0 Å². The maximum absolute atomic E-state index is 11.6. The Bertz CT molecular complexity index is 184. The van der Waals surface area contributed by atoms with E-state index in [1.807, 2.05) is 6.92 Å². The van der Waals surface area contributed by atoms with Crippen molar-refractivity contribution in [1.82, 2.24) is 5.06 Å². The lowest BCUT2D eigenvalue weighted by Crippen LogP contribution is -2.37. The topological polar surface area (TPSA) is 38.8 Å². The summed E-state index contributed by atoms with van der Waals surface area (Å²) in [5.74, 6) is 0.117. The molecule has 0 aromatic rings. The lowest BCUT2D eigenvalue weighted by atomic mass is 9.95. The van der Waals surface area contributed by atoms with Crippen molar-refractivity contribution in [2.24, 2.45) is 5.92 Å². The third-order valence-corrected chi connectivity index (χ3v) is 2.42. The number of amides is 1. The minimum atomic E-state index is 0.0534. The first-order chi connectivity index (χ1) is 6.15. The normalized spacial score (nSPS) is 28.5. The van der Waals surface area contributed by atoms with E-state index in [0.717, 1.165) is 12.8 Å². The van der Waals surface area contributed by atoms with Crippen LogP contribution < -0.4 is 0 Å². The van der Waals surface area contributed by atoms with E-state index in [1.54, 1.807) is 7.05 Å². The quantitative estimate of drug-likeness (QED) is 0.601. The first-order valence-corrected chi connectivity index (χ1v) is 4.58. The average molecular weight is 187 g/mol. The van der Waals surface area contributed by atoms with Gasteiger partial charge in [-0.2, -0.15) is 0 Å². The number of hydrogen-bond donors (Lipinski definition) is 0. The average Bonchev–Trinajstić information content (AvgIpc) is 2.15. The van der Waals surface area contributed by atoms with Gasteiger partial charge in [-0.25, -0.2) is 5.06 Å². The van der Waals surface area contributed by atoms with Crippen molar-refractivity contribution in [3.63, 3.8) is 0 Å². The predicted octanol–water partition coefficient (Wildman–Crippen LogP) is 0.821. The summed E-state index contributed by atoms with van der Waals surface area (Å²) in [7, 11) is 3.14. The first kappa shape index (κ1) is 10.5. The van der Waals surface area contributed by atoms with E-state index in [9.17, 15) is 4.79 Å². The molecule has 1 saturated heterocycles. The van der Waals surface area contributed by atoms with Crippen LogP contribution in [0.3, 0.4) is 0 Å². The molecule has 76 valence electrons. The van der Waals surface area contributed by atoms with Gasteiger partial charge in [0.2, 0.25) is 5.91 Å². The van der Waals surface area contributed by atoms with E-state index in [1.165, 1.54) is 12.2 Å². The number of hydrogen-bond acceptors (Lipinski definition) is 3. The molecule has 1 heterocycles. The van der Waals surface area contributed by atoms with Crippen LogP contribution in [0.1, 0.15) is 19.8 Å². The maximum atomic E-state index is 11.6. The number of nitrogens with zero attached hydrogens (tertiary/aromatic N) is 1. The monoisotopic (exact) mass is 187 g/mol. The lowest BCUT2D eigenvalue weighted by molar-refractivity contribution is -0.177. The Labute approximate surface area is 78.8 Å². The van der Waals surface area contributed by atoms with E-state index < -0.39 is 0 Å². The van der Waals surface area contributed by atoms with Crippen molar-refractivity contribution in [3.05, 3.63) is 0 Å². The Kier molecular flexibility index (Phi) is 3.69. The number of carbonyl (C=O) groups is 1. The third-order valence-electron chi connectivity index (χ3n) is 2.42. The summed E-state index contributed by atoms with van der Waals surface area (Å²) in [4.78, 5) is 16.5. The van der Waals surface area contributed by atoms with Crippen LogP contribution in [0, 0.1) is 5.92 Å². The Hall–Kier alpha value is -0.610. The standard InChI is InChI=1S/C9H17NO3/c1-7-6-8(4-5-13-7)9(11)10(2)12-3/h7-8H,4-6H2,1-3H3. The van der Waals surface area contributed by atoms with Gasteiger partial charge >= 0.3 is 0 Å². The minimum absolute atomic E-state index is 0.0534. The van der Waals surface area contributed by atoms with Crippen LogP contribution in [0.2, 0.25) is 0 Å². The van der Waals surface area contributed by atoms with Gasteiger partial charge in [0.15, 0.2) is 0 Å². The van der Waals surface area contributed by atoms with Gasteiger partial charge in [-0.15, -0.1) is 0 Å². The van der Waals surface area contributed by atoms with E-state index >= 15 is 0 Å². The van der Waals surface area contributed by atoms with Gasteiger partial charge in [0.1, 0.15) is 0 Å². The second-order valence-corrected chi connectivity index (χ2v) is 3.42. The first-order valence-electron chi connectivity index (χ1n) is 4.58. The summed E-state index contributed by atoms with van der Waals surface area (Å²) < 4.78 is 5.36. The highest BCUT2D eigenvalue weighted by molar-refractivity contribution is 5.77. The largest absolute Gasteiger partial charge is 0.378 e. The second-order valence-electron chi connectivity index (χ2n) is 3.42. The molecular weight excluding hydrogens is 170 g/mol. The fourth-order valence-electron chi connectivity index (χ4n) is 1.57. The smallest absolute Gasteiger partial charge is 0.249 e. The molecule has 4 nitrogen and oxygen atoms in total. The van der Waals surface area contributed by atoms with Crippen LogP contribution in [0.5, 0.6) is 0 Å². The van der Waals surface area contributed by atoms with Crippen LogP contribution >= 0.6 is 0 Å². The van der Waals surface area contributed by atoms with E-state index in [-0.39, 0.29) is 17.9 Å². The molecule has 0 N–H and O–H groups in total. The van der Waals surface area contributed by atoms with Crippen molar-refractivity contribution >= 4 is 5.91 Å². The molecule has 0 radical (unpaired) electrons. The second kappa shape index (κ2) is 4.58. The minimum Gasteiger partial charge on any atom is -0.378 e. The zero-order chi connectivity index (χ0) is 9.84. The molecule has 1 amide bonds. The summed E-state index contributed by atoms with van der Waals surface area (Å²) in [6, 6.07) is 0. The van der Waals surface area contributed by atoms with Gasteiger partial charge in [0.25, 0.3) is 0 Å². The Morgan fingerprint density at radius 2 is 2.31 bits per heavy atom. The molecule has 4 heteroatoms. The number of ether oxygens (including phenoxy) is 1. The van der Waals surface area contributed by atoms with Gasteiger partial charge < -0.3 is 4.74 Å². The van der Waals surface area contributed by atoms with Crippen LogP contribution in [-0.4, -0.2) is 37.8 Å². The molecule has 2 atom stereocenters. The molecule has 0 aromatic carbocycles. The summed E-state index contributed by atoms with van der Waals surface area (Å²) in [5, 5.41) is 1.29. The van der Waals surface area contributed by atoms with Crippen molar-refractivity contribution in [3.8, 4) is 0 Å².